The Morgan fingerprint density at radius 3 is 3.00 bits per heavy atom. The second-order valence-corrected chi connectivity index (χ2v) is 4.64. The largest absolute Gasteiger partial charge is 0.314 e. The van der Waals surface area contributed by atoms with Crippen molar-refractivity contribution in [2.45, 2.75) is 38.6 Å². The Kier molecular flexibility index (Phi) is 3.73. The maximum Gasteiger partial charge on any atom is 0.0416 e. The maximum atomic E-state index is 4.32. The Labute approximate surface area is 92.1 Å². The van der Waals surface area contributed by atoms with E-state index in [0.29, 0.717) is 0 Å². The van der Waals surface area contributed by atoms with Crippen LogP contribution in [0.25, 0.3) is 0 Å². The third kappa shape index (κ3) is 3.31. The van der Waals surface area contributed by atoms with Crippen molar-refractivity contribution >= 4 is 0 Å². The second-order valence-electron chi connectivity index (χ2n) is 4.64. The summed E-state index contributed by atoms with van der Waals surface area (Å²) in [6, 6.07) is 6.87. The number of hydrogen-bond acceptors (Lipinski definition) is 2. The summed E-state index contributed by atoms with van der Waals surface area (Å²) in [4.78, 5) is 4.32. The topological polar surface area (TPSA) is 24.9 Å². The summed E-state index contributed by atoms with van der Waals surface area (Å²) in [5, 5.41) is 3.62. The molecule has 1 N–H and O–H groups in total. The second kappa shape index (κ2) is 5.26. The Morgan fingerprint density at radius 1 is 1.40 bits per heavy atom. The van der Waals surface area contributed by atoms with E-state index in [9.17, 15) is 0 Å². The van der Waals surface area contributed by atoms with Crippen molar-refractivity contribution in [3.05, 3.63) is 30.1 Å². The van der Waals surface area contributed by atoms with Gasteiger partial charge >= 0.3 is 0 Å². The van der Waals surface area contributed by atoms with E-state index in [1.807, 2.05) is 12.3 Å². The average molecular weight is 204 g/mol. The van der Waals surface area contributed by atoms with Gasteiger partial charge in [-0.15, -0.1) is 0 Å². The molecule has 0 radical (unpaired) electrons. The fourth-order valence-electron chi connectivity index (χ4n) is 2.34. The molecular formula is C13H20N2. The fourth-order valence-corrected chi connectivity index (χ4v) is 2.34. The molecule has 1 heterocycles. The molecule has 2 unspecified atom stereocenters. The van der Waals surface area contributed by atoms with E-state index in [0.717, 1.165) is 24.9 Å². The summed E-state index contributed by atoms with van der Waals surface area (Å²) in [7, 11) is 0. The van der Waals surface area contributed by atoms with E-state index < -0.39 is 0 Å². The summed E-state index contributed by atoms with van der Waals surface area (Å²) in [5.41, 5.74) is 1.19. The van der Waals surface area contributed by atoms with Gasteiger partial charge in [-0.25, -0.2) is 0 Å². The van der Waals surface area contributed by atoms with Crippen molar-refractivity contribution in [2.75, 3.05) is 6.54 Å². The highest BCUT2D eigenvalue weighted by molar-refractivity contribution is 5.03. The first kappa shape index (κ1) is 10.6. The van der Waals surface area contributed by atoms with Crippen LogP contribution in [0.4, 0.5) is 0 Å². The van der Waals surface area contributed by atoms with E-state index in [4.69, 9.17) is 0 Å². The van der Waals surface area contributed by atoms with Gasteiger partial charge in [0.1, 0.15) is 0 Å². The zero-order chi connectivity index (χ0) is 10.5. The van der Waals surface area contributed by atoms with Gasteiger partial charge in [0.15, 0.2) is 0 Å². The van der Waals surface area contributed by atoms with Crippen LogP contribution in [0.1, 0.15) is 31.9 Å². The minimum Gasteiger partial charge on any atom is -0.314 e. The van der Waals surface area contributed by atoms with E-state index >= 15 is 0 Å². The average Bonchev–Trinajstić information content (AvgIpc) is 2.66. The highest BCUT2D eigenvalue weighted by Crippen LogP contribution is 2.24. The lowest BCUT2D eigenvalue weighted by atomic mass is 10.1. The number of nitrogens with one attached hydrogen (secondary N) is 1. The van der Waals surface area contributed by atoms with Gasteiger partial charge in [0, 0.05) is 30.9 Å². The molecule has 82 valence electrons. The predicted octanol–water partition coefficient (Wildman–Crippen LogP) is 2.40. The SMILES string of the molecule is CC1CCC(NCCc2ccccn2)C1. The van der Waals surface area contributed by atoms with Crippen LogP contribution in [0.15, 0.2) is 24.4 Å². The smallest absolute Gasteiger partial charge is 0.0416 e. The first-order valence-electron chi connectivity index (χ1n) is 5.98. The molecule has 0 aliphatic heterocycles. The Balaban J connectivity index is 1.67. The molecule has 2 nitrogen and oxygen atoms in total. The molecule has 2 rings (SSSR count). The summed E-state index contributed by atoms with van der Waals surface area (Å²) in [6.07, 6.45) is 7.01. The van der Waals surface area contributed by atoms with Crippen LogP contribution in [0.3, 0.4) is 0 Å². The van der Waals surface area contributed by atoms with Crippen LogP contribution in [-0.2, 0) is 6.42 Å². The summed E-state index contributed by atoms with van der Waals surface area (Å²) in [5.74, 6) is 0.914. The third-order valence-corrected chi connectivity index (χ3v) is 3.24. The zero-order valence-corrected chi connectivity index (χ0v) is 9.45. The molecule has 0 aromatic carbocycles. The Bertz CT molecular complexity index is 284. The summed E-state index contributed by atoms with van der Waals surface area (Å²) < 4.78 is 0. The molecule has 1 aliphatic rings. The maximum absolute atomic E-state index is 4.32. The Morgan fingerprint density at radius 2 is 2.33 bits per heavy atom. The van der Waals surface area contributed by atoms with E-state index in [-0.39, 0.29) is 0 Å². The lowest BCUT2D eigenvalue weighted by Gasteiger charge is -2.11. The minimum absolute atomic E-state index is 0.753. The van der Waals surface area contributed by atoms with Gasteiger partial charge in [-0.1, -0.05) is 13.0 Å². The fraction of sp³-hybridized carbons (Fsp3) is 0.615. The molecule has 0 amide bonds. The van der Waals surface area contributed by atoms with Crippen LogP contribution in [0.5, 0.6) is 0 Å². The van der Waals surface area contributed by atoms with E-state index in [1.165, 1.54) is 25.0 Å². The summed E-state index contributed by atoms with van der Waals surface area (Å²) in [6.45, 7) is 3.41. The normalized spacial score (nSPS) is 25.7. The van der Waals surface area contributed by atoms with Crippen LogP contribution in [0, 0.1) is 5.92 Å². The van der Waals surface area contributed by atoms with Crippen LogP contribution < -0.4 is 5.32 Å². The molecule has 1 aliphatic carbocycles. The number of hydrogen-bond donors (Lipinski definition) is 1. The molecule has 2 heteroatoms. The highest BCUT2D eigenvalue weighted by Gasteiger charge is 2.20. The summed E-state index contributed by atoms with van der Waals surface area (Å²) >= 11 is 0. The lowest BCUT2D eigenvalue weighted by Crippen LogP contribution is -2.28. The van der Waals surface area contributed by atoms with Crippen LogP contribution in [-0.4, -0.2) is 17.6 Å². The van der Waals surface area contributed by atoms with Crippen molar-refractivity contribution in [3.8, 4) is 0 Å². The molecule has 1 saturated carbocycles. The highest BCUT2D eigenvalue weighted by atomic mass is 14.9. The standard InChI is InChI=1S/C13H20N2/c1-11-5-6-13(10-11)15-9-7-12-4-2-3-8-14-12/h2-4,8,11,13,15H,5-7,9-10H2,1H3. The molecule has 1 aromatic heterocycles. The van der Waals surface area contributed by atoms with Gasteiger partial charge in [0.25, 0.3) is 0 Å². The number of nitrogens with zero attached hydrogens (tertiary/aromatic N) is 1. The van der Waals surface area contributed by atoms with Gasteiger partial charge < -0.3 is 5.32 Å². The van der Waals surface area contributed by atoms with E-state index in [2.05, 4.69) is 29.4 Å². The molecule has 15 heavy (non-hydrogen) atoms. The molecule has 0 saturated heterocycles. The van der Waals surface area contributed by atoms with Gasteiger partial charge in [-0.3, -0.25) is 4.98 Å². The number of pyridine rings is 1. The van der Waals surface area contributed by atoms with Gasteiger partial charge in [-0.05, 0) is 37.3 Å². The lowest BCUT2D eigenvalue weighted by molar-refractivity contribution is 0.504. The molecule has 0 bridgehead atoms. The number of aromatic nitrogens is 1. The Hall–Kier alpha value is -0.890. The first-order valence-corrected chi connectivity index (χ1v) is 5.98. The minimum atomic E-state index is 0.753. The molecule has 1 aromatic rings. The van der Waals surface area contributed by atoms with Crippen LogP contribution >= 0.6 is 0 Å². The van der Waals surface area contributed by atoms with Gasteiger partial charge in [0.05, 0.1) is 0 Å². The van der Waals surface area contributed by atoms with Gasteiger partial charge in [0.2, 0.25) is 0 Å². The molecular weight excluding hydrogens is 184 g/mol. The third-order valence-electron chi connectivity index (χ3n) is 3.24. The quantitative estimate of drug-likeness (QED) is 0.814. The number of rotatable bonds is 4. The van der Waals surface area contributed by atoms with Crippen molar-refractivity contribution in [1.82, 2.24) is 10.3 Å². The van der Waals surface area contributed by atoms with Crippen LogP contribution in [0.2, 0.25) is 0 Å². The van der Waals surface area contributed by atoms with Gasteiger partial charge in [-0.2, -0.15) is 0 Å². The van der Waals surface area contributed by atoms with Crippen molar-refractivity contribution in [2.24, 2.45) is 5.92 Å². The molecule has 2 atom stereocenters. The predicted molar refractivity (Wildman–Crippen MR) is 62.7 cm³/mol. The van der Waals surface area contributed by atoms with Crippen molar-refractivity contribution < 1.29 is 0 Å². The van der Waals surface area contributed by atoms with Crippen molar-refractivity contribution in [3.63, 3.8) is 0 Å². The van der Waals surface area contributed by atoms with Crippen molar-refractivity contribution in [1.29, 1.82) is 0 Å². The first-order chi connectivity index (χ1) is 7.34. The monoisotopic (exact) mass is 204 g/mol. The van der Waals surface area contributed by atoms with E-state index in [1.54, 1.807) is 0 Å². The zero-order valence-electron chi connectivity index (χ0n) is 9.45. The molecule has 0 spiro atoms. The molecule has 1 fully saturated rings.